The van der Waals surface area contributed by atoms with Crippen LogP contribution in [0.3, 0.4) is 0 Å². The number of rotatable bonds is 18. The first kappa shape index (κ1) is 42.1. The van der Waals surface area contributed by atoms with Gasteiger partial charge in [-0.15, -0.1) is 0 Å². The van der Waals surface area contributed by atoms with Crippen LogP contribution in [0.5, 0.6) is 5.75 Å². The lowest BCUT2D eigenvalue weighted by Crippen LogP contribution is -2.32. The van der Waals surface area contributed by atoms with E-state index < -0.39 is 25.8 Å². The van der Waals surface area contributed by atoms with Gasteiger partial charge in [-0.2, -0.15) is 0 Å². The van der Waals surface area contributed by atoms with E-state index in [9.17, 15) is 23.8 Å². The molecule has 0 spiro atoms. The fourth-order valence-corrected chi connectivity index (χ4v) is 6.15. The summed E-state index contributed by atoms with van der Waals surface area (Å²) in [6, 6.07) is 19.4. The Kier molecular flexibility index (Phi) is 15.8. The first-order chi connectivity index (χ1) is 24.4. The highest BCUT2D eigenvalue weighted by atomic mass is 31.2. The van der Waals surface area contributed by atoms with Crippen molar-refractivity contribution in [2.24, 2.45) is 17.8 Å². The van der Waals surface area contributed by atoms with Crippen molar-refractivity contribution in [1.29, 1.82) is 0 Å². The average Bonchev–Trinajstić information content (AvgIpc) is 3.04. The highest BCUT2D eigenvalue weighted by Crippen LogP contribution is 2.38. The van der Waals surface area contributed by atoms with E-state index in [1.165, 1.54) is 12.1 Å². The molecular formula is C40H56N3O8P. The predicted molar refractivity (Wildman–Crippen MR) is 207 cm³/mol. The third kappa shape index (κ3) is 14.4. The molecule has 3 atom stereocenters. The second-order valence-corrected chi connectivity index (χ2v) is 16.3. The molecule has 0 heterocycles. The molecule has 52 heavy (non-hydrogen) atoms. The summed E-state index contributed by atoms with van der Waals surface area (Å²) in [6.07, 6.45) is -0.515. The maximum absolute atomic E-state index is 13.3. The molecule has 0 aliphatic rings. The van der Waals surface area contributed by atoms with Crippen molar-refractivity contribution in [2.75, 3.05) is 35.3 Å². The number of hydrogen-bond donors (Lipinski definition) is 3. The Morgan fingerprint density at radius 3 is 1.96 bits per heavy atom. The van der Waals surface area contributed by atoms with Crippen LogP contribution < -0.4 is 20.1 Å². The summed E-state index contributed by atoms with van der Waals surface area (Å²) in [5.41, 5.74) is 4.78. The van der Waals surface area contributed by atoms with Crippen LogP contribution in [-0.4, -0.2) is 48.9 Å². The van der Waals surface area contributed by atoms with E-state index in [1.807, 2.05) is 56.3 Å². The van der Waals surface area contributed by atoms with Gasteiger partial charge < -0.3 is 34.4 Å². The summed E-state index contributed by atoms with van der Waals surface area (Å²) in [5, 5.41) is 6.00. The van der Waals surface area contributed by atoms with E-state index in [4.69, 9.17) is 14.0 Å². The van der Waals surface area contributed by atoms with Crippen molar-refractivity contribution in [3.63, 3.8) is 0 Å². The highest BCUT2D eigenvalue weighted by Gasteiger charge is 2.26. The SMILES string of the molecule is CC[C@@H](CC(=O)OC(OC(=O)Cc1ccc(OP(C)(=O)O)cc1)C(C)C)c1ccc(N(CC(C)C)CC(C)C)c(NC(=O)Nc2ccc(C)cc2)c1. The average molecular weight is 738 g/mol. The van der Waals surface area contributed by atoms with E-state index in [0.717, 1.165) is 36.6 Å². The summed E-state index contributed by atoms with van der Waals surface area (Å²) in [5.74, 6) is -0.648. The van der Waals surface area contributed by atoms with Gasteiger partial charge >= 0.3 is 25.6 Å². The van der Waals surface area contributed by atoms with E-state index in [1.54, 1.807) is 26.0 Å². The van der Waals surface area contributed by atoms with Gasteiger partial charge in [-0.1, -0.05) is 84.4 Å². The normalized spacial score (nSPS) is 13.6. The molecule has 2 amide bonds. The number of carbonyl (C=O) groups excluding carboxylic acids is 3. The summed E-state index contributed by atoms with van der Waals surface area (Å²) in [6.45, 7) is 18.9. The van der Waals surface area contributed by atoms with Gasteiger partial charge in [0, 0.05) is 31.4 Å². The monoisotopic (exact) mass is 737 g/mol. The number of urea groups is 1. The predicted octanol–water partition coefficient (Wildman–Crippen LogP) is 9.15. The number of carbonyl (C=O) groups is 3. The zero-order valence-corrected chi connectivity index (χ0v) is 32.9. The Balaban J connectivity index is 1.77. The molecule has 11 nitrogen and oxygen atoms in total. The topological polar surface area (TPSA) is 144 Å². The first-order valence-electron chi connectivity index (χ1n) is 17.9. The van der Waals surface area contributed by atoms with Crippen LogP contribution in [-0.2, 0) is 30.0 Å². The van der Waals surface area contributed by atoms with Gasteiger partial charge in [0.25, 0.3) is 0 Å². The number of amides is 2. The molecular weight excluding hydrogens is 681 g/mol. The maximum atomic E-state index is 13.3. The van der Waals surface area contributed by atoms with Crippen molar-refractivity contribution in [2.45, 2.75) is 86.9 Å². The van der Waals surface area contributed by atoms with Crippen molar-refractivity contribution in [3.05, 3.63) is 83.4 Å². The molecule has 0 radical (unpaired) electrons. The minimum Gasteiger partial charge on any atom is -0.425 e. The number of nitrogens with zero attached hydrogens (tertiary/aromatic N) is 1. The molecule has 3 aromatic rings. The molecule has 284 valence electrons. The number of ether oxygens (including phenoxy) is 2. The zero-order chi connectivity index (χ0) is 38.6. The Hall–Kier alpha value is -4.34. The van der Waals surface area contributed by atoms with Gasteiger partial charge in [-0.05, 0) is 78.6 Å². The van der Waals surface area contributed by atoms with Crippen LogP contribution in [0.4, 0.5) is 21.9 Å². The molecule has 3 rings (SSSR count). The minimum atomic E-state index is -3.71. The quantitative estimate of drug-likeness (QED) is 0.0662. The second-order valence-electron chi connectivity index (χ2n) is 14.5. The van der Waals surface area contributed by atoms with Crippen LogP contribution in [0.1, 0.15) is 83.9 Å². The van der Waals surface area contributed by atoms with E-state index in [-0.39, 0.29) is 36.5 Å². The molecule has 0 aliphatic heterocycles. The molecule has 3 aromatic carbocycles. The number of aryl methyl sites for hydroxylation is 1. The molecule has 0 bridgehead atoms. The van der Waals surface area contributed by atoms with Crippen molar-refractivity contribution >= 4 is 42.6 Å². The van der Waals surface area contributed by atoms with Gasteiger partial charge in [-0.3, -0.25) is 9.59 Å². The fourth-order valence-electron chi connectivity index (χ4n) is 5.63. The third-order valence-electron chi connectivity index (χ3n) is 8.05. The van der Waals surface area contributed by atoms with Crippen LogP contribution in [0.25, 0.3) is 0 Å². The number of esters is 2. The molecule has 0 saturated carbocycles. The summed E-state index contributed by atoms with van der Waals surface area (Å²) in [4.78, 5) is 51.2. The summed E-state index contributed by atoms with van der Waals surface area (Å²) >= 11 is 0. The number of nitrogens with one attached hydrogen (secondary N) is 2. The van der Waals surface area contributed by atoms with Crippen LogP contribution in [0.15, 0.2) is 66.7 Å². The molecule has 0 aliphatic carbocycles. The molecule has 12 heteroatoms. The summed E-state index contributed by atoms with van der Waals surface area (Å²) in [7, 11) is -3.71. The number of anilines is 3. The van der Waals surface area contributed by atoms with Gasteiger partial charge in [-0.25, -0.2) is 9.36 Å². The van der Waals surface area contributed by atoms with Gasteiger partial charge in [0.15, 0.2) is 0 Å². The third-order valence-corrected chi connectivity index (χ3v) is 8.60. The lowest BCUT2D eigenvalue weighted by molar-refractivity contribution is -0.195. The highest BCUT2D eigenvalue weighted by molar-refractivity contribution is 7.52. The van der Waals surface area contributed by atoms with Gasteiger partial charge in [0.2, 0.25) is 6.29 Å². The van der Waals surface area contributed by atoms with Crippen molar-refractivity contribution in [3.8, 4) is 5.75 Å². The van der Waals surface area contributed by atoms with Crippen LogP contribution >= 0.6 is 7.60 Å². The van der Waals surface area contributed by atoms with Gasteiger partial charge in [0.1, 0.15) is 5.75 Å². The van der Waals surface area contributed by atoms with Crippen LogP contribution in [0, 0.1) is 24.7 Å². The standard InChI is InChI=1S/C40H56N3O8P/c1-10-31(23-38(45)50-39(28(6)7)49-37(44)21-30-13-18-34(19-14-30)51-52(9,47)48)32-15-20-36(43(24-26(2)3)25-27(4)5)35(22-32)42-40(46)41-33-16-11-29(8)12-17-33/h11-20,22,26-28,31,39H,10,21,23-25H2,1-9H3,(H,47,48)(H2,41,42,46)/t31-,39?/m0/s1. The fraction of sp³-hybridized carbons (Fsp3) is 0.475. The Labute approximate surface area is 309 Å². The Bertz CT molecular complexity index is 1660. The van der Waals surface area contributed by atoms with E-state index in [0.29, 0.717) is 35.2 Å². The lowest BCUT2D eigenvalue weighted by atomic mass is 9.92. The second kappa shape index (κ2) is 19.5. The zero-order valence-electron chi connectivity index (χ0n) is 32.0. The molecule has 3 N–H and O–H groups in total. The van der Waals surface area contributed by atoms with Crippen molar-refractivity contribution < 1.29 is 37.8 Å². The maximum Gasteiger partial charge on any atom is 0.373 e. The summed E-state index contributed by atoms with van der Waals surface area (Å²) < 4.78 is 27.8. The van der Waals surface area contributed by atoms with Gasteiger partial charge in [0.05, 0.1) is 24.2 Å². The van der Waals surface area contributed by atoms with Crippen molar-refractivity contribution in [1.82, 2.24) is 0 Å². The van der Waals surface area contributed by atoms with E-state index in [2.05, 4.69) is 43.2 Å². The smallest absolute Gasteiger partial charge is 0.373 e. The largest absolute Gasteiger partial charge is 0.425 e. The Morgan fingerprint density at radius 2 is 1.42 bits per heavy atom. The number of benzene rings is 3. The molecule has 0 fully saturated rings. The molecule has 0 saturated heterocycles. The van der Waals surface area contributed by atoms with Crippen LogP contribution in [0.2, 0.25) is 0 Å². The molecule has 2 unspecified atom stereocenters. The molecule has 0 aromatic heterocycles. The minimum absolute atomic E-state index is 0.0426. The first-order valence-corrected chi connectivity index (χ1v) is 20.0. The Morgan fingerprint density at radius 1 is 0.827 bits per heavy atom. The number of hydrogen-bond acceptors (Lipinski definition) is 8. The lowest BCUT2D eigenvalue weighted by Gasteiger charge is -2.31. The van der Waals surface area contributed by atoms with E-state index >= 15 is 0 Å².